The largest absolute Gasteiger partial charge is 0.324 e. The molecule has 0 aliphatic rings. The molecule has 0 aliphatic carbocycles. The minimum absolute atomic E-state index is 0.0788. The van der Waals surface area contributed by atoms with E-state index < -0.39 is 10.1 Å². The van der Waals surface area contributed by atoms with Gasteiger partial charge in [0.15, 0.2) is 0 Å². The highest BCUT2D eigenvalue weighted by Gasteiger charge is 2.26. The van der Waals surface area contributed by atoms with E-state index in [1.165, 1.54) is 371 Å². The summed E-state index contributed by atoms with van der Waals surface area (Å²) in [4.78, 5) is 0. The maximum atomic E-state index is 11.7. The fourth-order valence-electron chi connectivity index (χ4n) is 11.4. The molecular formula is C64H132NO3S+. The lowest BCUT2D eigenvalue weighted by Crippen LogP contribution is -2.51. The van der Waals surface area contributed by atoms with E-state index in [1.807, 2.05) is 0 Å². The van der Waals surface area contributed by atoms with Gasteiger partial charge in [-0.25, -0.2) is 0 Å². The molecule has 0 aromatic heterocycles. The van der Waals surface area contributed by atoms with Gasteiger partial charge in [-0.15, -0.1) is 0 Å². The molecule has 0 aromatic rings. The molecule has 0 aromatic carbocycles. The van der Waals surface area contributed by atoms with Crippen molar-refractivity contribution in [3.8, 4) is 0 Å². The maximum absolute atomic E-state index is 11.7. The van der Waals surface area contributed by atoms with Crippen molar-refractivity contribution in [3.63, 3.8) is 0 Å². The molecule has 1 N–H and O–H groups in total. The molecule has 0 bridgehead atoms. The molecule has 0 saturated carbocycles. The normalized spacial score (nSPS) is 12.2. The zero-order valence-electron chi connectivity index (χ0n) is 48.3. The van der Waals surface area contributed by atoms with Crippen molar-refractivity contribution in [1.82, 2.24) is 0 Å². The van der Waals surface area contributed by atoms with E-state index in [4.69, 9.17) is 0 Å². The molecule has 0 rings (SSSR count). The molecule has 0 atom stereocenters. The zero-order chi connectivity index (χ0) is 50.1. The summed E-state index contributed by atoms with van der Waals surface area (Å²) < 4.78 is 34.1. The van der Waals surface area contributed by atoms with E-state index in [-0.39, 0.29) is 5.75 Å². The van der Waals surface area contributed by atoms with Gasteiger partial charge in [0.1, 0.15) is 0 Å². The van der Waals surface area contributed by atoms with Crippen molar-refractivity contribution in [2.45, 2.75) is 380 Å². The van der Waals surface area contributed by atoms with Crippen LogP contribution in [0.4, 0.5) is 0 Å². The Bertz CT molecular complexity index is 950. The van der Waals surface area contributed by atoms with Gasteiger partial charge in [-0.3, -0.25) is 4.55 Å². The highest BCUT2D eigenvalue weighted by Crippen LogP contribution is 2.22. The molecule has 0 saturated heterocycles. The summed E-state index contributed by atoms with van der Waals surface area (Å²) in [6.07, 6.45) is 78.0. The van der Waals surface area contributed by atoms with E-state index in [0.29, 0.717) is 6.42 Å². The number of hydrogen-bond donors (Lipinski definition) is 1. The molecule has 0 amide bonds. The van der Waals surface area contributed by atoms with E-state index >= 15 is 0 Å². The molecular weight excluding hydrogens is 863 g/mol. The number of rotatable bonds is 62. The third-order valence-electron chi connectivity index (χ3n) is 16.2. The summed E-state index contributed by atoms with van der Waals surface area (Å²) in [7, 11) is -3.89. The van der Waals surface area contributed by atoms with Gasteiger partial charge in [-0.1, -0.05) is 329 Å². The van der Waals surface area contributed by atoms with Crippen LogP contribution in [0, 0.1) is 0 Å². The minimum atomic E-state index is -3.89. The van der Waals surface area contributed by atoms with Gasteiger partial charge >= 0.3 is 0 Å². The molecule has 0 aliphatic heterocycles. The Morgan fingerprint density at radius 2 is 0.348 bits per heavy atom. The Kier molecular flexibility index (Phi) is 57.0. The third kappa shape index (κ3) is 57.0. The van der Waals surface area contributed by atoms with Crippen molar-refractivity contribution < 1.29 is 17.5 Å². The summed E-state index contributed by atoms with van der Waals surface area (Å²) in [5, 5.41) is 0. The first kappa shape index (κ1) is 68.9. The highest BCUT2D eigenvalue weighted by molar-refractivity contribution is 7.85. The summed E-state index contributed by atoms with van der Waals surface area (Å²) >= 11 is 0. The minimum Gasteiger partial charge on any atom is -0.324 e. The standard InChI is InChI=1S/C64H131NO3S/c1-4-7-10-13-16-19-22-25-28-31-34-37-40-43-46-49-52-55-60-65(63-58-59-64-69(66,67)68,61-56-53-50-47-44-41-38-35-32-29-26-23-20-17-14-11-8-5-2)62-57-54-51-48-45-42-39-36-33-30-27-24-21-18-15-12-9-6-3/h4-64H2,1-3H3/p+1. The van der Waals surface area contributed by atoms with Crippen LogP contribution in [-0.4, -0.2) is 49.4 Å². The Hall–Kier alpha value is -0.130. The first-order valence-electron chi connectivity index (χ1n) is 32.7. The van der Waals surface area contributed by atoms with Gasteiger partial charge in [-0.2, -0.15) is 8.42 Å². The van der Waals surface area contributed by atoms with Crippen LogP contribution in [0.1, 0.15) is 380 Å². The van der Waals surface area contributed by atoms with Crippen LogP contribution >= 0.6 is 0 Å². The molecule has 5 heteroatoms. The molecule has 0 radical (unpaired) electrons. The average Bonchev–Trinajstić information content (AvgIpc) is 3.33. The molecule has 0 unspecified atom stereocenters. The van der Waals surface area contributed by atoms with Gasteiger partial charge in [0, 0.05) is 0 Å². The van der Waals surface area contributed by atoms with Crippen molar-refractivity contribution >= 4 is 10.1 Å². The van der Waals surface area contributed by atoms with Crippen LogP contribution in [0.3, 0.4) is 0 Å². The molecule has 0 spiro atoms. The van der Waals surface area contributed by atoms with Crippen molar-refractivity contribution in [1.29, 1.82) is 0 Å². The van der Waals surface area contributed by atoms with Gasteiger partial charge in [-0.05, 0) is 51.4 Å². The van der Waals surface area contributed by atoms with E-state index in [1.54, 1.807) is 0 Å². The summed E-state index contributed by atoms with van der Waals surface area (Å²) in [6, 6.07) is 0. The van der Waals surface area contributed by atoms with Gasteiger partial charge in [0.25, 0.3) is 10.1 Å². The maximum Gasteiger partial charge on any atom is 0.264 e. The molecule has 0 heterocycles. The Morgan fingerprint density at radius 3 is 0.493 bits per heavy atom. The first-order valence-corrected chi connectivity index (χ1v) is 34.3. The number of unbranched alkanes of at least 4 members (excludes halogenated alkanes) is 52. The van der Waals surface area contributed by atoms with Crippen LogP contribution in [0.2, 0.25) is 0 Å². The lowest BCUT2D eigenvalue weighted by molar-refractivity contribution is -0.929. The molecule has 416 valence electrons. The SMILES string of the molecule is CCCCCCCCCCCCCCCCCCCC[N+](CCCCCCCCCCCCCCCCCCCC)(CCCCCCCCCCCCCCCCCCCC)CCCCS(=O)(=O)O. The van der Waals surface area contributed by atoms with Crippen LogP contribution in [-0.2, 0) is 10.1 Å². The number of hydrogen-bond acceptors (Lipinski definition) is 2. The number of quaternary nitrogens is 1. The van der Waals surface area contributed by atoms with Crippen molar-refractivity contribution in [2.24, 2.45) is 0 Å². The second-order valence-corrected chi connectivity index (χ2v) is 24.8. The van der Waals surface area contributed by atoms with Gasteiger partial charge in [0.2, 0.25) is 0 Å². The zero-order valence-corrected chi connectivity index (χ0v) is 49.1. The average molecular weight is 996 g/mol. The van der Waals surface area contributed by atoms with E-state index in [0.717, 1.165) is 13.0 Å². The molecule has 0 fully saturated rings. The number of nitrogens with zero attached hydrogens (tertiary/aromatic N) is 1. The predicted octanol–water partition coefficient (Wildman–Crippen LogP) is 22.6. The van der Waals surface area contributed by atoms with Crippen LogP contribution in [0.15, 0.2) is 0 Å². The smallest absolute Gasteiger partial charge is 0.264 e. The first-order chi connectivity index (χ1) is 33.9. The lowest BCUT2D eigenvalue weighted by Gasteiger charge is -2.39. The Morgan fingerprint density at radius 1 is 0.217 bits per heavy atom. The van der Waals surface area contributed by atoms with Gasteiger partial charge in [0.05, 0.1) is 31.9 Å². The summed E-state index contributed by atoms with van der Waals surface area (Å²) in [5.74, 6) is -0.0788. The third-order valence-corrected chi connectivity index (χ3v) is 17.0. The second kappa shape index (κ2) is 57.2. The fourth-order valence-corrected chi connectivity index (χ4v) is 12.0. The van der Waals surface area contributed by atoms with Crippen LogP contribution in [0.25, 0.3) is 0 Å². The molecule has 4 nitrogen and oxygen atoms in total. The van der Waals surface area contributed by atoms with Crippen molar-refractivity contribution in [3.05, 3.63) is 0 Å². The summed E-state index contributed by atoms with van der Waals surface area (Å²) in [6.45, 7) is 11.8. The molecule has 69 heavy (non-hydrogen) atoms. The van der Waals surface area contributed by atoms with E-state index in [9.17, 15) is 13.0 Å². The van der Waals surface area contributed by atoms with Crippen LogP contribution in [0.5, 0.6) is 0 Å². The van der Waals surface area contributed by atoms with E-state index in [2.05, 4.69) is 20.8 Å². The predicted molar refractivity (Wildman–Crippen MR) is 312 cm³/mol. The van der Waals surface area contributed by atoms with Crippen LogP contribution < -0.4 is 0 Å². The Labute approximate surface area is 437 Å². The summed E-state index contributed by atoms with van der Waals surface area (Å²) in [5.41, 5.74) is 0. The topological polar surface area (TPSA) is 54.4 Å². The van der Waals surface area contributed by atoms with Gasteiger partial charge < -0.3 is 4.48 Å². The quantitative estimate of drug-likeness (QED) is 0.0375. The fraction of sp³-hybridized carbons (Fsp3) is 1.00. The monoisotopic (exact) mass is 995 g/mol. The second-order valence-electron chi connectivity index (χ2n) is 23.3. The lowest BCUT2D eigenvalue weighted by atomic mass is 10.0. The van der Waals surface area contributed by atoms with Crippen molar-refractivity contribution in [2.75, 3.05) is 31.9 Å². The highest BCUT2D eigenvalue weighted by atomic mass is 32.2. The Balaban J connectivity index is 4.70.